The summed E-state index contributed by atoms with van der Waals surface area (Å²) in [6, 6.07) is 0. The van der Waals surface area contributed by atoms with Crippen molar-refractivity contribution in [2.45, 2.75) is 55.9 Å². The average molecular weight is 681 g/mol. The van der Waals surface area contributed by atoms with Gasteiger partial charge >= 0.3 is 29.6 Å². The molecule has 0 radical (unpaired) electrons. The molecule has 0 aliphatic carbocycles. The van der Waals surface area contributed by atoms with Crippen LogP contribution in [0.4, 0.5) is 16.2 Å². The number of alkyl halides is 1. The van der Waals surface area contributed by atoms with Gasteiger partial charge < -0.3 is 34.9 Å². The second-order valence-electron chi connectivity index (χ2n) is 10.3. The molecule has 3 saturated heterocycles. The number of anilines is 2. The largest absolute Gasteiger partial charge is 1.00 e. The Morgan fingerprint density at radius 1 is 1.04 bits per heavy atom. The summed E-state index contributed by atoms with van der Waals surface area (Å²) >= 11 is 0. The molecule has 0 spiro atoms. The average Bonchev–Trinajstić information content (AvgIpc) is 3.72. The fourth-order valence-corrected chi connectivity index (χ4v) is 7.58. The van der Waals surface area contributed by atoms with Crippen LogP contribution in [0.1, 0.15) is 25.3 Å². The van der Waals surface area contributed by atoms with Crippen LogP contribution in [-0.4, -0.2) is 90.4 Å². The molecule has 24 heteroatoms. The van der Waals surface area contributed by atoms with Crippen molar-refractivity contribution in [2.75, 3.05) is 23.8 Å². The second-order valence-corrected chi connectivity index (χ2v) is 13.3. The van der Waals surface area contributed by atoms with E-state index in [1.807, 2.05) is 0 Å². The van der Waals surface area contributed by atoms with Gasteiger partial charge in [0.1, 0.15) is 30.2 Å². The van der Waals surface area contributed by atoms with Crippen LogP contribution in [-0.2, 0) is 37.4 Å². The molecule has 2 bridgehead atoms. The normalized spacial score (nSPS) is 33.6. The SMILES string of the molecule is Nc1nc2c(ncn2C2OC3CCS(=O)(=O)OC4C(COP(=O)([O-])OC2C3)OC(n2cnc3c(N)ncnc32)C4F)c(=O)[nH]1.[Na+]. The van der Waals surface area contributed by atoms with Crippen LogP contribution in [0.3, 0.4) is 0 Å². The number of hydrogen-bond acceptors (Lipinski definition) is 17. The van der Waals surface area contributed by atoms with Gasteiger partial charge in [-0.05, 0) is 6.42 Å². The van der Waals surface area contributed by atoms with E-state index in [1.165, 1.54) is 17.2 Å². The third kappa shape index (κ3) is 6.00. The van der Waals surface area contributed by atoms with Crippen LogP contribution in [0.25, 0.3) is 22.3 Å². The van der Waals surface area contributed by atoms with Gasteiger partial charge in [-0.3, -0.25) is 27.7 Å². The fraction of sp³-hybridized carbons (Fsp3) is 0.524. The monoisotopic (exact) mass is 680 g/mol. The van der Waals surface area contributed by atoms with Crippen LogP contribution in [0, 0.1) is 0 Å². The zero-order chi connectivity index (χ0) is 31.0. The first-order chi connectivity index (χ1) is 20.9. The Kier molecular flexibility index (Phi) is 8.52. The van der Waals surface area contributed by atoms with Crippen molar-refractivity contribution < 1.29 is 74.5 Å². The van der Waals surface area contributed by atoms with Crippen molar-refractivity contribution in [3.63, 3.8) is 0 Å². The smallest absolute Gasteiger partial charge is 0.756 e. The maximum Gasteiger partial charge on any atom is 1.00 e. The van der Waals surface area contributed by atoms with Crippen LogP contribution in [0.5, 0.6) is 0 Å². The van der Waals surface area contributed by atoms with Crippen LogP contribution >= 0.6 is 7.82 Å². The molecule has 3 aliphatic heterocycles. The number of imidazole rings is 2. The van der Waals surface area contributed by atoms with Gasteiger partial charge in [0.15, 0.2) is 41.3 Å². The van der Waals surface area contributed by atoms with E-state index in [0.29, 0.717) is 0 Å². The van der Waals surface area contributed by atoms with E-state index in [-0.39, 0.29) is 76.5 Å². The number of H-pyrrole nitrogens is 1. The van der Waals surface area contributed by atoms with Crippen molar-refractivity contribution >= 4 is 52.0 Å². The quantitative estimate of drug-likeness (QED) is 0.102. The minimum Gasteiger partial charge on any atom is -0.756 e. The molecule has 236 valence electrons. The van der Waals surface area contributed by atoms with E-state index in [0.717, 1.165) is 10.9 Å². The predicted octanol–water partition coefficient (Wildman–Crippen LogP) is -4.36. The molecule has 0 saturated carbocycles. The summed E-state index contributed by atoms with van der Waals surface area (Å²) in [5.74, 6) is -0.836. The standard InChI is InChI=1S/C21H24FN10O10PS.Na/c22-11-14-10(40-20(11)31-6-27-12-15(23)25-5-26-16(12)31)4-38-43(34,35)41-9-3-8(1-2-44(36,37)42-14)39-19(9)32-7-28-13-17(32)29-21(24)30-18(13)33;/h5-11,14,19-20H,1-4H2,(H,34,35)(H2,23,25,26)(H3,24,29,30,33);/q;+1/p-1. The van der Waals surface area contributed by atoms with Crippen LogP contribution in [0.15, 0.2) is 23.8 Å². The molecule has 3 aliphatic rings. The van der Waals surface area contributed by atoms with Crippen molar-refractivity contribution in [3.05, 3.63) is 29.3 Å². The summed E-state index contributed by atoms with van der Waals surface area (Å²) < 4.78 is 84.7. The number of fused-ring (bicyclic) bond motifs is 5. The minimum absolute atomic E-state index is 0. The van der Waals surface area contributed by atoms with Crippen molar-refractivity contribution in [1.29, 1.82) is 0 Å². The molecule has 0 amide bonds. The number of nitrogens with two attached hydrogens (primary N) is 2. The second kappa shape index (κ2) is 11.9. The Morgan fingerprint density at radius 3 is 2.56 bits per heavy atom. The van der Waals surface area contributed by atoms with Crippen molar-refractivity contribution in [2.24, 2.45) is 0 Å². The molecule has 4 aromatic heterocycles. The minimum atomic E-state index is -5.18. The number of halogens is 1. The van der Waals surface area contributed by atoms with E-state index in [4.69, 9.17) is 34.2 Å². The summed E-state index contributed by atoms with van der Waals surface area (Å²) in [4.78, 5) is 47.6. The molecule has 8 atom stereocenters. The van der Waals surface area contributed by atoms with Crippen LogP contribution < -0.4 is 51.5 Å². The van der Waals surface area contributed by atoms with Gasteiger partial charge in [-0.1, -0.05) is 0 Å². The topological polar surface area (TPSA) is 280 Å². The van der Waals surface area contributed by atoms with Crippen LogP contribution in [0.2, 0.25) is 0 Å². The third-order valence-electron chi connectivity index (χ3n) is 7.41. The number of aromatic nitrogens is 8. The number of aromatic amines is 1. The van der Waals surface area contributed by atoms with Crippen molar-refractivity contribution in [1.82, 2.24) is 39.0 Å². The van der Waals surface area contributed by atoms with Gasteiger partial charge in [-0.15, -0.1) is 0 Å². The molecule has 8 unspecified atom stereocenters. The van der Waals surface area contributed by atoms with E-state index in [1.54, 1.807) is 0 Å². The maximum atomic E-state index is 15.9. The van der Waals surface area contributed by atoms with Gasteiger partial charge in [0, 0.05) is 6.42 Å². The molecule has 7 rings (SSSR count). The molecule has 0 aromatic carbocycles. The molecule has 3 fully saturated rings. The molecule has 5 N–H and O–H groups in total. The van der Waals surface area contributed by atoms with Gasteiger partial charge in [-0.2, -0.15) is 13.4 Å². The molecular formula is C21H23FN10NaO10PS. The van der Waals surface area contributed by atoms with E-state index < -0.39 is 78.9 Å². The van der Waals surface area contributed by atoms with Gasteiger partial charge in [0.25, 0.3) is 23.5 Å². The number of nitrogens with one attached hydrogen (secondary N) is 1. The third-order valence-corrected chi connectivity index (χ3v) is 9.65. The van der Waals surface area contributed by atoms with Gasteiger partial charge in [0.2, 0.25) is 5.95 Å². The first-order valence-corrected chi connectivity index (χ1v) is 16.1. The Balaban J connectivity index is 0.00000357. The number of rotatable bonds is 2. The summed E-state index contributed by atoms with van der Waals surface area (Å²) in [6.07, 6.45) is -7.20. The van der Waals surface area contributed by atoms with Gasteiger partial charge in [0.05, 0.1) is 31.1 Å². The Labute approximate surface area is 273 Å². The predicted molar refractivity (Wildman–Crippen MR) is 141 cm³/mol. The zero-order valence-electron chi connectivity index (χ0n) is 23.2. The Bertz CT molecular complexity index is 1980. The number of nitrogen functional groups attached to an aromatic ring is 2. The number of hydrogen-bond donors (Lipinski definition) is 3. The Morgan fingerprint density at radius 2 is 1.78 bits per heavy atom. The molecule has 4 aromatic rings. The summed E-state index contributed by atoms with van der Waals surface area (Å²) in [6.45, 7) is -0.870. The van der Waals surface area contributed by atoms with E-state index >= 15 is 4.39 Å². The Hall–Kier alpha value is -2.63. The fourth-order valence-electron chi connectivity index (χ4n) is 5.45. The summed E-state index contributed by atoms with van der Waals surface area (Å²) in [7, 11) is -9.61. The van der Waals surface area contributed by atoms with E-state index in [9.17, 15) is 22.7 Å². The first-order valence-electron chi connectivity index (χ1n) is 13.0. The molecule has 45 heavy (non-hydrogen) atoms. The van der Waals surface area contributed by atoms with Gasteiger partial charge in [-0.25, -0.2) is 24.3 Å². The van der Waals surface area contributed by atoms with Crippen molar-refractivity contribution in [3.8, 4) is 0 Å². The summed E-state index contributed by atoms with van der Waals surface area (Å²) in [5.41, 5.74) is 10.9. The van der Waals surface area contributed by atoms with E-state index in [2.05, 4.69) is 29.9 Å². The number of nitrogens with zero attached hydrogens (tertiary/aromatic N) is 7. The molecular weight excluding hydrogens is 657 g/mol. The molecule has 7 heterocycles. The number of phosphoric ester groups is 1. The maximum absolute atomic E-state index is 15.9. The first kappa shape index (κ1) is 32.3. The summed E-state index contributed by atoms with van der Waals surface area (Å²) in [5, 5.41) is 0. The molecule has 20 nitrogen and oxygen atoms in total. The zero-order valence-corrected chi connectivity index (χ0v) is 26.9. The number of phosphoric acid groups is 1. The number of ether oxygens (including phenoxy) is 2.